The van der Waals surface area contributed by atoms with Crippen LogP contribution in [0.3, 0.4) is 0 Å². The van der Waals surface area contributed by atoms with Gasteiger partial charge in [0.25, 0.3) is 0 Å². The second kappa shape index (κ2) is 7.54. The van der Waals surface area contributed by atoms with E-state index in [-0.39, 0.29) is 35.8 Å². The molecule has 0 aromatic heterocycles. The highest BCUT2D eigenvalue weighted by Crippen LogP contribution is 2.34. The largest absolute Gasteiger partial charge is 0.493 e. The first-order valence-corrected chi connectivity index (χ1v) is 8.39. The van der Waals surface area contributed by atoms with Gasteiger partial charge in [-0.1, -0.05) is 31.0 Å². The number of nitrogens with two attached hydrogens (primary N) is 1. The first kappa shape index (κ1) is 18.1. The smallest absolute Gasteiger partial charge is 0.225 e. The van der Waals surface area contributed by atoms with Crippen LogP contribution in [-0.2, 0) is 4.79 Å². The molecule has 3 N–H and O–H groups in total. The van der Waals surface area contributed by atoms with Crippen molar-refractivity contribution in [1.29, 1.82) is 0 Å². The SMILES string of the molecule is CC1(N)CCCCC1C(=O)NC1CCCOc2ccccc21.Cl. The van der Waals surface area contributed by atoms with E-state index in [1.54, 1.807) is 0 Å². The predicted octanol–water partition coefficient (Wildman–Crippen LogP) is 3.35. The Morgan fingerprint density at radius 1 is 1.26 bits per heavy atom. The van der Waals surface area contributed by atoms with E-state index < -0.39 is 0 Å². The summed E-state index contributed by atoms with van der Waals surface area (Å²) in [6.07, 6.45) is 5.90. The third kappa shape index (κ3) is 3.99. The summed E-state index contributed by atoms with van der Waals surface area (Å²) in [6, 6.07) is 8.03. The Bertz CT molecular complexity index is 548. The van der Waals surface area contributed by atoms with Crippen molar-refractivity contribution in [3.63, 3.8) is 0 Å². The molecule has 4 nitrogen and oxygen atoms in total. The molecule has 3 rings (SSSR count). The molecule has 23 heavy (non-hydrogen) atoms. The lowest BCUT2D eigenvalue weighted by Gasteiger charge is -2.38. The average molecular weight is 339 g/mol. The Morgan fingerprint density at radius 2 is 2.04 bits per heavy atom. The van der Waals surface area contributed by atoms with Crippen molar-refractivity contribution < 1.29 is 9.53 Å². The molecule has 3 atom stereocenters. The number of carbonyl (C=O) groups excluding carboxylic acids is 1. The van der Waals surface area contributed by atoms with Crippen LogP contribution >= 0.6 is 12.4 Å². The molecule has 1 aromatic rings. The van der Waals surface area contributed by atoms with Crippen molar-refractivity contribution in [2.75, 3.05) is 6.61 Å². The molecule has 3 unspecified atom stereocenters. The molecule has 0 radical (unpaired) electrons. The zero-order valence-electron chi connectivity index (χ0n) is 13.7. The summed E-state index contributed by atoms with van der Waals surface area (Å²) < 4.78 is 5.77. The molecule has 1 saturated carbocycles. The van der Waals surface area contributed by atoms with Crippen molar-refractivity contribution in [3.8, 4) is 5.75 Å². The van der Waals surface area contributed by atoms with Crippen LogP contribution in [0.25, 0.3) is 0 Å². The van der Waals surface area contributed by atoms with Gasteiger partial charge >= 0.3 is 0 Å². The number of para-hydroxylation sites is 1. The van der Waals surface area contributed by atoms with E-state index in [0.29, 0.717) is 6.61 Å². The van der Waals surface area contributed by atoms with Crippen LogP contribution in [-0.4, -0.2) is 18.1 Å². The Hall–Kier alpha value is -1.26. The van der Waals surface area contributed by atoms with Crippen molar-refractivity contribution in [2.24, 2.45) is 11.7 Å². The maximum absolute atomic E-state index is 12.8. The molecule has 1 aromatic carbocycles. The summed E-state index contributed by atoms with van der Waals surface area (Å²) in [4.78, 5) is 12.8. The highest BCUT2D eigenvalue weighted by molar-refractivity contribution is 5.85. The van der Waals surface area contributed by atoms with Gasteiger partial charge in [-0.2, -0.15) is 0 Å². The zero-order valence-corrected chi connectivity index (χ0v) is 14.5. The lowest BCUT2D eigenvalue weighted by Crippen LogP contribution is -2.53. The first-order chi connectivity index (χ1) is 10.6. The molecule has 1 aliphatic carbocycles. The predicted molar refractivity (Wildman–Crippen MR) is 93.9 cm³/mol. The van der Waals surface area contributed by atoms with Gasteiger partial charge in [-0.05, 0) is 38.7 Å². The van der Waals surface area contributed by atoms with Crippen LogP contribution in [0.15, 0.2) is 24.3 Å². The van der Waals surface area contributed by atoms with Gasteiger partial charge in [0, 0.05) is 11.1 Å². The van der Waals surface area contributed by atoms with E-state index in [9.17, 15) is 4.79 Å². The summed E-state index contributed by atoms with van der Waals surface area (Å²) in [5.74, 6) is 0.911. The van der Waals surface area contributed by atoms with Crippen LogP contribution in [0.1, 0.15) is 57.1 Å². The Balaban J connectivity index is 0.00000192. The average Bonchev–Trinajstić information content (AvgIpc) is 2.69. The maximum atomic E-state index is 12.8. The van der Waals surface area contributed by atoms with E-state index in [0.717, 1.165) is 49.8 Å². The standard InChI is InChI=1S/C18H26N2O2.ClH/c1-18(19)11-5-4-8-14(18)17(21)20-15-9-6-12-22-16-10-3-2-7-13(15)16;/h2-3,7,10,14-15H,4-6,8-9,11-12,19H2,1H3,(H,20,21);1H. The quantitative estimate of drug-likeness (QED) is 0.869. The Labute approximate surface area is 144 Å². The molecule has 1 aliphatic heterocycles. The number of nitrogens with one attached hydrogen (secondary N) is 1. The van der Waals surface area contributed by atoms with E-state index >= 15 is 0 Å². The second-order valence-corrected chi connectivity index (χ2v) is 6.89. The highest BCUT2D eigenvalue weighted by atomic mass is 35.5. The zero-order chi connectivity index (χ0) is 15.6. The van der Waals surface area contributed by atoms with E-state index in [2.05, 4.69) is 5.32 Å². The number of fused-ring (bicyclic) bond motifs is 1. The van der Waals surface area contributed by atoms with Crippen LogP contribution in [0.4, 0.5) is 0 Å². The summed E-state index contributed by atoms with van der Waals surface area (Å²) in [5.41, 5.74) is 7.07. The minimum Gasteiger partial charge on any atom is -0.493 e. The van der Waals surface area contributed by atoms with E-state index in [4.69, 9.17) is 10.5 Å². The highest BCUT2D eigenvalue weighted by Gasteiger charge is 2.38. The van der Waals surface area contributed by atoms with Crippen LogP contribution in [0.5, 0.6) is 5.75 Å². The van der Waals surface area contributed by atoms with Gasteiger partial charge in [0.2, 0.25) is 5.91 Å². The normalized spacial score (nSPS) is 30.2. The number of amides is 1. The molecule has 1 amide bonds. The molecule has 1 heterocycles. The van der Waals surface area contributed by atoms with E-state index in [1.807, 2.05) is 31.2 Å². The number of ether oxygens (including phenoxy) is 1. The fraction of sp³-hybridized carbons (Fsp3) is 0.611. The molecule has 1 fully saturated rings. The minimum absolute atomic E-state index is 0. The van der Waals surface area contributed by atoms with Gasteiger partial charge in [-0.25, -0.2) is 0 Å². The van der Waals surface area contributed by atoms with Crippen molar-refractivity contribution in [3.05, 3.63) is 29.8 Å². The third-order valence-electron chi connectivity index (χ3n) is 5.08. The second-order valence-electron chi connectivity index (χ2n) is 6.89. The van der Waals surface area contributed by atoms with Gasteiger partial charge in [0.05, 0.1) is 18.6 Å². The van der Waals surface area contributed by atoms with Crippen LogP contribution in [0.2, 0.25) is 0 Å². The lowest BCUT2D eigenvalue weighted by molar-refractivity contribution is -0.129. The van der Waals surface area contributed by atoms with Gasteiger partial charge in [0.15, 0.2) is 0 Å². The minimum atomic E-state index is -0.386. The Morgan fingerprint density at radius 3 is 2.83 bits per heavy atom. The number of hydrogen-bond acceptors (Lipinski definition) is 3. The number of carbonyl (C=O) groups is 1. The van der Waals surface area contributed by atoms with Crippen molar-refractivity contribution in [1.82, 2.24) is 5.32 Å². The van der Waals surface area contributed by atoms with Gasteiger partial charge in [-0.15, -0.1) is 12.4 Å². The van der Waals surface area contributed by atoms with Crippen molar-refractivity contribution in [2.45, 2.75) is 57.0 Å². The monoisotopic (exact) mass is 338 g/mol. The van der Waals surface area contributed by atoms with Crippen molar-refractivity contribution >= 4 is 18.3 Å². The lowest BCUT2D eigenvalue weighted by atomic mass is 9.74. The van der Waals surface area contributed by atoms with E-state index in [1.165, 1.54) is 0 Å². The Kier molecular flexibility index (Phi) is 5.93. The molecule has 2 aliphatic rings. The molecule has 0 saturated heterocycles. The third-order valence-corrected chi connectivity index (χ3v) is 5.08. The molecule has 0 bridgehead atoms. The summed E-state index contributed by atoms with van der Waals surface area (Å²) in [6.45, 7) is 2.72. The summed E-state index contributed by atoms with van der Waals surface area (Å²) in [5, 5.41) is 3.24. The molecule has 128 valence electrons. The molecular formula is C18H27ClN2O2. The summed E-state index contributed by atoms with van der Waals surface area (Å²) in [7, 11) is 0. The van der Waals surface area contributed by atoms with Crippen LogP contribution in [0, 0.1) is 5.92 Å². The molecule has 0 spiro atoms. The fourth-order valence-corrected chi connectivity index (χ4v) is 3.74. The van der Waals surface area contributed by atoms with Crippen LogP contribution < -0.4 is 15.8 Å². The number of halogens is 1. The molecule has 5 heteroatoms. The molecular weight excluding hydrogens is 312 g/mol. The first-order valence-electron chi connectivity index (χ1n) is 8.39. The van der Waals surface area contributed by atoms with Gasteiger partial charge in [0.1, 0.15) is 5.75 Å². The maximum Gasteiger partial charge on any atom is 0.225 e. The number of hydrogen-bond donors (Lipinski definition) is 2. The fourth-order valence-electron chi connectivity index (χ4n) is 3.74. The van der Waals surface area contributed by atoms with Gasteiger partial charge < -0.3 is 15.8 Å². The summed E-state index contributed by atoms with van der Waals surface area (Å²) >= 11 is 0. The van der Waals surface area contributed by atoms with Gasteiger partial charge in [-0.3, -0.25) is 4.79 Å². The number of rotatable bonds is 2. The topological polar surface area (TPSA) is 64.4 Å². The number of benzene rings is 1.